The van der Waals surface area contributed by atoms with Crippen molar-refractivity contribution in [1.82, 2.24) is 0 Å². The van der Waals surface area contributed by atoms with E-state index < -0.39 is 0 Å². The lowest BCUT2D eigenvalue weighted by molar-refractivity contribution is 0.409. The van der Waals surface area contributed by atoms with Gasteiger partial charge in [0.05, 0.1) is 7.11 Å². The number of methoxy groups -OCH3 is 1. The molecule has 0 saturated heterocycles. The second-order valence-electron chi connectivity index (χ2n) is 5.50. The van der Waals surface area contributed by atoms with Gasteiger partial charge in [-0.3, -0.25) is 0 Å². The van der Waals surface area contributed by atoms with E-state index in [-0.39, 0.29) is 0 Å². The van der Waals surface area contributed by atoms with E-state index in [2.05, 4.69) is 74.6 Å². The number of nitrogens with zero attached hydrogens (tertiary/aromatic N) is 1. The predicted octanol–water partition coefficient (Wildman–Crippen LogP) is 3.99. The second kappa shape index (κ2) is 6.53. The zero-order chi connectivity index (χ0) is 15.4. The van der Waals surface area contributed by atoms with E-state index in [1.165, 1.54) is 11.3 Å². The third-order valence-corrected chi connectivity index (χ3v) is 3.74. The Bertz CT molecular complexity index is 603. The van der Waals surface area contributed by atoms with Gasteiger partial charge in [-0.05, 0) is 43.2 Å². The number of hydrogen-bond donors (Lipinski definition) is 1. The molecule has 0 fully saturated rings. The van der Waals surface area contributed by atoms with Gasteiger partial charge < -0.3 is 15.0 Å². The van der Waals surface area contributed by atoms with Gasteiger partial charge >= 0.3 is 0 Å². The van der Waals surface area contributed by atoms with Gasteiger partial charge in [0.15, 0.2) is 0 Å². The van der Waals surface area contributed by atoms with Crippen molar-refractivity contribution in [2.24, 2.45) is 0 Å². The van der Waals surface area contributed by atoms with E-state index in [0.717, 1.165) is 29.1 Å². The molecule has 0 saturated carbocycles. The van der Waals surface area contributed by atoms with Gasteiger partial charge in [-0.15, -0.1) is 0 Å². The molecule has 112 valence electrons. The molecule has 0 aliphatic heterocycles. The van der Waals surface area contributed by atoms with Gasteiger partial charge in [0.1, 0.15) is 5.75 Å². The van der Waals surface area contributed by atoms with Crippen LogP contribution >= 0.6 is 0 Å². The van der Waals surface area contributed by atoms with Crippen molar-refractivity contribution < 1.29 is 4.74 Å². The highest BCUT2D eigenvalue weighted by Crippen LogP contribution is 2.29. The minimum atomic E-state index is 0.806. The first-order chi connectivity index (χ1) is 10.0. The van der Waals surface area contributed by atoms with Gasteiger partial charge in [0, 0.05) is 37.6 Å². The Morgan fingerprint density at radius 2 is 1.67 bits per heavy atom. The van der Waals surface area contributed by atoms with Crippen LogP contribution in [0.15, 0.2) is 36.4 Å². The van der Waals surface area contributed by atoms with Gasteiger partial charge in [0.2, 0.25) is 0 Å². The van der Waals surface area contributed by atoms with Crippen LogP contribution in [0.1, 0.15) is 16.7 Å². The van der Waals surface area contributed by atoms with Gasteiger partial charge in [-0.2, -0.15) is 0 Å². The molecular formula is C18H24N2O. The fourth-order valence-corrected chi connectivity index (χ4v) is 2.44. The van der Waals surface area contributed by atoms with Crippen LogP contribution in [-0.4, -0.2) is 21.2 Å². The number of nitrogens with one attached hydrogen (secondary N) is 1. The van der Waals surface area contributed by atoms with Crippen molar-refractivity contribution in [2.75, 3.05) is 31.4 Å². The molecule has 0 unspecified atom stereocenters. The Morgan fingerprint density at radius 3 is 2.24 bits per heavy atom. The molecule has 3 heteroatoms. The van der Waals surface area contributed by atoms with Crippen molar-refractivity contribution in [1.29, 1.82) is 0 Å². The maximum Gasteiger partial charge on any atom is 0.126 e. The Kier molecular flexibility index (Phi) is 4.73. The van der Waals surface area contributed by atoms with E-state index in [4.69, 9.17) is 4.74 Å². The number of anilines is 2. The highest BCUT2D eigenvalue weighted by atomic mass is 16.5. The number of rotatable bonds is 5. The molecule has 0 bridgehead atoms. The van der Waals surface area contributed by atoms with Crippen LogP contribution in [0, 0.1) is 13.8 Å². The quantitative estimate of drug-likeness (QED) is 0.898. The van der Waals surface area contributed by atoms with E-state index in [0.29, 0.717) is 0 Å². The molecule has 0 aromatic heterocycles. The average molecular weight is 284 g/mol. The maximum absolute atomic E-state index is 5.47. The zero-order valence-corrected chi connectivity index (χ0v) is 13.5. The molecule has 0 atom stereocenters. The summed E-state index contributed by atoms with van der Waals surface area (Å²) in [6.07, 6.45) is 0. The summed E-state index contributed by atoms with van der Waals surface area (Å²) in [7, 11) is 5.82. The minimum absolute atomic E-state index is 0.806. The molecular weight excluding hydrogens is 260 g/mol. The lowest BCUT2D eigenvalue weighted by atomic mass is 10.1. The fourth-order valence-electron chi connectivity index (χ4n) is 2.44. The standard InChI is InChI=1S/C18H24N2O/c1-13-6-11-17(14(2)18(13)21-5)19-12-15-7-9-16(10-8-15)20(3)4/h6-11,19H,12H2,1-5H3. The van der Waals surface area contributed by atoms with Crippen molar-refractivity contribution in [3.05, 3.63) is 53.1 Å². The highest BCUT2D eigenvalue weighted by Gasteiger charge is 2.07. The van der Waals surface area contributed by atoms with Crippen molar-refractivity contribution in [3.8, 4) is 5.75 Å². The summed E-state index contributed by atoms with van der Waals surface area (Å²) in [6, 6.07) is 12.8. The second-order valence-corrected chi connectivity index (χ2v) is 5.50. The van der Waals surface area contributed by atoms with Crippen LogP contribution in [0.2, 0.25) is 0 Å². The van der Waals surface area contributed by atoms with E-state index in [9.17, 15) is 0 Å². The third-order valence-electron chi connectivity index (χ3n) is 3.74. The van der Waals surface area contributed by atoms with Crippen molar-refractivity contribution in [3.63, 3.8) is 0 Å². The monoisotopic (exact) mass is 284 g/mol. The van der Waals surface area contributed by atoms with Crippen LogP contribution in [-0.2, 0) is 6.54 Å². The predicted molar refractivity (Wildman–Crippen MR) is 90.6 cm³/mol. The molecule has 2 aromatic carbocycles. The van der Waals surface area contributed by atoms with Gasteiger partial charge in [-0.25, -0.2) is 0 Å². The fraction of sp³-hybridized carbons (Fsp3) is 0.333. The summed E-state index contributed by atoms with van der Waals surface area (Å²) < 4.78 is 5.47. The SMILES string of the molecule is COc1c(C)ccc(NCc2ccc(N(C)C)cc2)c1C. The highest BCUT2D eigenvalue weighted by molar-refractivity contribution is 5.60. The van der Waals surface area contributed by atoms with Crippen molar-refractivity contribution >= 4 is 11.4 Å². The van der Waals surface area contributed by atoms with Crippen LogP contribution in [0.3, 0.4) is 0 Å². The topological polar surface area (TPSA) is 24.5 Å². The number of hydrogen-bond acceptors (Lipinski definition) is 3. The van der Waals surface area contributed by atoms with Crippen LogP contribution < -0.4 is 15.0 Å². The summed E-state index contributed by atoms with van der Waals surface area (Å²) in [5.41, 5.74) is 5.92. The first kappa shape index (κ1) is 15.2. The molecule has 2 aromatic rings. The maximum atomic E-state index is 5.47. The smallest absolute Gasteiger partial charge is 0.126 e. The molecule has 0 aliphatic carbocycles. The molecule has 21 heavy (non-hydrogen) atoms. The van der Waals surface area contributed by atoms with Crippen LogP contribution in [0.4, 0.5) is 11.4 Å². The van der Waals surface area contributed by atoms with E-state index >= 15 is 0 Å². The van der Waals surface area contributed by atoms with E-state index in [1.807, 2.05) is 0 Å². The summed E-state index contributed by atoms with van der Waals surface area (Å²) >= 11 is 0. The summed E-state index contributed by atoms with van der Waals surface area (Å²) in [4.78, 5) is 2.10. The number of benzene rings is 2. The van der Waals surface area contributed by atoms with E-state index in [1.54, 1.807) is 7.11 Å². The van der Waals surface area contributed by atoms with Gasteiger partial charge in [-0.1, -0.05) is 18.2 Å². The van der Waals surface area contributed by atoms with Crippen molar-refractivity contribution in [2.45, 2.75) is 20.4 Å². The Morgan fingerprint density at radius 1 is 1.00 bits per heavy atom. The normalized spacial score (nSPS) is 10.3. The molecule has 2 rings (SSSR count). The Balaban J connectivity index is 2.09. The minimum Gasteiger partial charge on any atom is -0.496 e. The van der Waals surface area contributed by atoms with Gasteiger partial charge in [0.25, 0.3) is 0 Å². The Hall–Kier alpha value is -2.16. The lowest BCUT2D eigenvalue weighted by Crippen LogP contribution is -2.08. The average Bonchev–Trinajstić information content (AvgIpc) is 2.47. The zero-order valence-electron chi connectivity index (χ0n) is 13.5. The summed E-state index contributed by atoms with van der Waals surface area (Å²) in [6.45, 7) is 4.96. The lowest BCUT2D eigenvalue weighted by Gasteiger charge is -2.16. The molecule has 0 heterocycles. The summed E-state index contributed by atoms with van der Waals surface area (Å²) in [5.74, 6) is 0.961. The molecule has 0 amide bonds. The Labute approximate surface area is 127 Å². The summed E-state index contributed by atoms with van der Waals surface area (Å²) in [5, 5.41) is 3.49. The first-order valence-electron chi connectivity index (χ1n) is 7.17. The molecule has 1 N–H and O–H groups in total. The molecule has 0 aliphatic rings. The molecule has 3 nitrogen and oxygen atoms in total. The molecule has 0 spiro atoms. The largest absolute Gasteiger partial charge is 0.496 e. The molecule has 0 radical (unpaired) electrons. The van der Waals surface area contributed by atoms with Crippen LogP contribution in [0.25, 0.3) is 0 Å². The number of aryl methyl sites for hydroxylation is 1. The van der Waals surface area contributed by atoms with Crippen LogP contribution in [0.5, 0.6) is 5.75 Å². The first-order valence-corrected chi connectivity index (χ1v) is 7.17. The third kappa shape index (κ3) is 3.48. The number of ether oxygens (including phenoxy) is 1.